The molecule has 1 aliphatic rings. The van der Waals surface area contributed by atoms with E-state index in [1.807, 2.05) is 20.9 Å². The maximum absolute atomic E-state index is 12.7. The van der Waals surface area contributed by atoms with Gasteiger partial charge in [0.2, 0.25) is 10.0 Å². The highest BCUT2D eigenvalue weighted by atomic mass is 32.2. The summed E-state index contributed by atoms with van der Waals surface area (Å²) in [6.07, 6.45) is 1.83. The van der Waals surface area contributed by atoms with Crippen LogP contribution in [0.2, 0.25) is 0 Å². The summed E-state index contributed by atoms with van der Waals surface area (Å²) in [5.74, 6) is -0.103. The van der Waals surface area contributed by atoms with Gasteiger partial charge in [-0.25, -0.2) is 8.42 Å². The predicted molar refractivity (Wildman–Crippen MR) is 94.5 cm³/mol. The molecule has 6 nitrogen and oxygen atoms in total. The van der Waals surface area contributed by atoms with Gasteiger partial charge in [-0.05, 0) is 51.9 Å². The first-order chi connectivity index (χ1) is 11.3. The fourth-order valence-corrected chi connectivity index (χ4v) is 4.20. The standard InChI is InChI=1S/C17H27N3O3S/c1-13(2)19(4)24(22,23)16-7-5-6-14(12-16)17(21)20-10-8-15(18-3)9-11-20/h5-7,12-13,15,18H,8-11H2,1-4H3. The average molecular weight is 353 g/mol. The Hall–Kier alpha value is -1.44. The molecular formula is C17H27N3O3S. The fraction of sp³-hybridized carbons (Fsp3) is 0.588. The Morgan fingerprint density at radius 3 is 2.46 bits per heavy atom. The number of nitrogens with zero attached hydrogens (tertiary/aromatic N) is 2. The van der Waals surface area contributed by atoms with E-state index in [1.165, 1.54) is 16.4 Å². The van der Waals surface area contributed by atoms with E-state index in [4.69, 9.17) is 0 Å². The van der Waals surface area contributed by atoms with Gasteiger partial charge in [-0.15, -0.1) is 0 Å². The summed E-state index contributed by atoms with van der Waals surface area (Å²) < 4.78 is 26.5. The van der Waals surface area contributed by atoms with Gasteiger partial charge in [0.15, 0.2) is 0 Å². The van der Waals surface area contributed by atoms with Gasteiger partial charge >= 0.3 is 0 Å². The lowest BCUT2D eigenvalue weighted by atomic mass is 10.0. The number of benzene rings is 1. The van der Waals surface area contributed by atoms with Crippen LogP contribution in [0, 0.1) is 0 Å². The summed E-state index contributed by atoms with van der Waals surface area (Å²) in [6, 6.07) is 6.64. The van der Waals surface area contributed by atoms with Gasteiger partial charge in [0.1, 0.15) is 0 Å². The normalized spacial score (nSPS) is 16.8. The maximum Gasteiger partial charge on any atom is 0.253 e. The van der Waals surface area contributed by atoms with Gasteiger partial charge in [0, 0.05) is 37.8 Å². The monoisotopic (exact) mass is 353 g/mol. The number of hydrogen-bond acceptors (Lipinski definition) is 4. The Morgan fingerprint density at radius 2 is 1.92 bits per heavy atom. The number of hydrogen-bond donors (Lipinski definition) is 1. The lowest BCUT2D eigenvalue weighted by molar-refractivity contribution is 0.0707. The molecule has 1 saturated heterocycles. The highest BCUT2D eigenvalue weighted by molar-refractivity contribution is 7.89. The van der Waals surface area contributed by atoms with Crippen LogP contribution < -0.4 is 5.32 Å². The third kappa shape index (κ3) is 3.96. The molecule has 0 spiro atoms. The molecule has 0 bridgehead atoms. The molecule has 1 fully saturated rings. The largest absolute Gasteiger partial charge is 0.339 e. The van der Waals surface area contributed by atoms with Crippen molar-refractivity contribution in [3.63, 3.8) is 0 Å². The maximum atomic E-state index is 12.7. The lowest BCUT2D eigenvalue weighted by Crippen LogP contribution is -2.44. The first kappa shape index (κ1) is 18.9. The third-order valence-electron chi connectivity index (χ3n) is 4.68. The second-order valence-electron chi connectivity index (χ2n) is 6.50. The van der Waals surface area contributed by atoms with E-state index in [2.05, 4.69) is 5.32 Å². The van der Waals surface area contributed by atoms with Crippen LogP contribution in [0.3, 0.4) is 0 Å². The van der Waals surface area contributed by atoms with Crippen LogP contribution in [0.1, 0.15) is 37.0 Å². The Bertz CT molecular complexity index is 680. The van der Waals surface area contributed by atoms with Crippen LogP contribution >= 0.6 is 0 Å². The molecule has 24 heavy (non-hydrogen) atoms. The van der Waals surface area contributed by atoms with E-state index in [-0.39, 0.29) is 16.8 Å². The van der Waals surface area contributed by atoms with E-state index < -0.39 is 10.0 Å². The van der Waals surface area contributed by atoms with Gasteiger partial charge < -0.3 is 10.2 Å². The molecule has 1 aromatic rings. The first-order valence-electron chi connectivity index (χ1n) is 8.32. The smallest absolute Gasteiger partial charge is 0.253 e. The summed E-state index contributed by atoms with van der Waals surface area (Å²) in [6.45, 7) is 5.01. The van der Waals surface area contributed by atoms with Gasteiger partial charge in [-0.3, -0.25) is 4.79 Å². The number of sulfonamides is 1. The molecule has 0 aromatic heterocycles. The van der Waals surface area contributed by atoms with Crippen LogP contribution in [-0.2, 0) is 10.0 Å². The highest BCUT2D eigenvalue weighted by Gasteiger charge is 2.26. The minimum atomic E-state index is -3.59. The van der Waals surface area contributed by atoms with Crippen molar-refractivity contribution in [2.45, 2.75) is 43.7 Å². The second-order valence-corrected chi connectivity index (χ2v) is 8.50. The number of carbonyl (C=O) groups is 1. The molecular weight excluding hydrogens is 326 g/mol. The molecule has 1 aromatic carbocycles. The van der Waals surface area contributed by atoms with Crippen LogP contribution in [0.25, 0.3) is 0 Å². The van der Waals surface area contributed by atoms with Crippen molar-refractivity contribution >= 4 is 15.9 Å². The van der Waals surface area contributed by atoms with Gasteiger partial charge in [-0.1, -0.05) is 6.07 Å². The molecule has 134 valence electrons. The average Bonchev–Trinajstić information content (AvgIpc) is 2.60. The molecule has 1 heterocycles. The Morgan fingerprint density at radius 1 is 1.29 bits per heavy atom. The van der Waals surface area contributed by atoms with Gasteiger partial charge in [0.25, 0.3) is 5.91 Å². The molecule has 0 unspecified atom stereocenters. The van der Waals surface area contributed by atoms with Crippen molar-refractivity contribution in [3.05, 3.63) is 29.8 Å². The predicted octanol–water partition coefficient (Wildman–Crippen LogP) is 1.54. The molecule has 1 N–H and O–H groups in total. The van der Waals surface area contributed by atoms with Crippen molar-refractivity contribution in [3.8, 4) is 0 Å². The molecule has 0 atom stereocenters. The zero-order valence-corrected chi connectivity index (χ0v) is 15.6. The molecule has 2 rings (SSSR count). The number of carbonyl (C=O) groups excluding carboxylic acids is 1. The zero-order valence-electron chi connectivity index (χ0n) is 14.8. The third-order valence-corrected chi connectivity index (χ3v) is 6.71. The van der Waals surface area contributed by atoms with E-state index in [0.29, 0.717) is 24.7 Å². The summed E-state index contributed by atoms with van der Waals surface area (Å²) in [5, 5.41) is 3.23. The highest BCUT2D eigenvalue weighted by Crippen LogP contribution is 2.20. The van der Waals surface area contributed by atoms with Crippen molar-refractivity contribution in [2.75, 3.05) is 27.2 Å². The van der Waals surface area contributed by atoms with E-state index in [0.717, 1.165) is 12.8 Å². The van der Waals surface area contributed by atoms with E-state index in [9.17, 15) is 13.2 Å². The van der Waals surface area contributed by atoms with Gasteiger partial charge in [0.05, 0.1) is 4.90 Å². The second kappa shape index (κ2) is 7.63. The van der Waals surface area contributed by atoms with Gasteiger partial charge in [-0.2, -0.15) is 4.31 Å². The zero-order chi connectivity index (χ0) is 17.9. The summed E-state index contributed by atoms with van der Waals surface area (Å²) >= 11 is 0. The quantitative estimate of drug-likeness (QED) is 0.872. The molecule has 0 radical (unpaired) electrons. The summed E-state index contributed by atoms with van der Waals surface area (Å²) in [5.41, 5.74) is 0.427. The van der Waals surface area contributed by atoms with Crippen LogP contribution in [0.15, 0.2) is 29.2 Å². The van der Waals surface area contributed by atoms with Crippen molar-refractivity contribution < 1.29 is 13.2 Å². The van der Waals surface area contributed by atoms with E-state index in [1.54, 1.807) is 24.1 Å². The Kier molecular flexibility index (Phi) is 6.01. The molecule has 1 aliphatic heterocycles. The lowest BCUT2D eigenvalue weighted by Gasteiger charge is -2.32. The minimum Gasteiger partial charge on any atom is -0.339 e. The van der Waals surface area contributed by atoms with Crippen molar-refractivity contribution in [2.24, 2.45) is 0 Å². The van der Waals surface area contributed by atoms with Crippen LogP contribution in [0.4, 0.5) is 0 Å². The molecule has 0 saturated carbocycles. The topological polar surface area (TPSA) is 69.7 Å². The summed E-state index contributed by atoms with van der Waals surface area (Å²) in [7, 11) is -0.100. The van der Waals surface area contributed by atoms with Crippen molar-refractivity contribution in [1.82, 2.24) is 14.5 Å². The SMILES string of the molecule is CNC1CCN(C(=O)c2cccc(S(=O)(=O)N(C)C(C)C)c2)CC1. The van der Waals surface area contributed by atoms with Crippen LogP contribution in [-0.4, -0.2) is 62.8 Å². The Labute approximate surface area is 144 Å². The summed E-state index contributed by atoms with van der Waals surface area (Å²) in [4.78, 5) is 14.6. The number of piperidine rings is 1. The van der Waals surface area contributed by atoms with E-state index >= 15 is 0 Å². The number of amides is 1. The van der Waals surface area contributed by atoms with Crippen LogP contribution in [0.5, 0.6) is 0 Å². The number of nitrogens with one attached hydrogen (secondary N) is 1. The van der Waals surface area contributed by atoms with Crippen molar-refractivity contribution in [1.29, 1.82) is 0 Å². The molecule has 7 heteroatoms. The first-order valence-corrected chi connectivity index (χ1v) is 9.76. The number of rotatable bonds is 5. The fourth-order valence-electron chi connectivity index (χ4n) is 2.79. The molecule has 1 amide bonds. The number of likely N-dealkylation sites (tertiary alicyclic amines) is 1. The Balaban J connectivity index is 2.20. The molecule has 0 aliphatic carbocycles. The minimum absolute atomic E-state index is 0.103.